The zero-order valence-corrected chi connectivity index (χ0v) is 14.9. The van der Waals surface area contributed by atoms with E-state index in [-0.39, 0.29) is 0 Å². The topological polar surface area (TPSA) is 53.6 Å². The number of halogens is 1. The van der Waals surface area contributed by atoms with Crippen molar-refractivity contribution in [2.75, 3.05) is 38.0 Å². The van der Waals surface area contributed by atoms with Crippen molar-refractivity contribution in [2.24, 2.45) is 0 Å². The molecule has 128 valence electrons. The first kappa shape index (κ1) is 18.0. The second-order valence-electron chi connectivity index (χ2n) is 6.77. The Morgan fingerprint density at radius 1 is 1.35 bits per heavy atom. The number of hydrogen-bond acceptors (Lipinski definition) is 4. The Bertz CT molecular complexity index is 537. The summed E-state index contributed by atoms with van der Waals surface area (Å²) in [7, 11) is 0. The van der Waals surface area contributed by atoms with Crippen molar-refractivity contribution in [1.82, 2.24) is 10.2 Å². The van der Waals surface area contributed by atoms with Crippen LogP contribution < -0.4 is 10.6 Å². The molecule has 2 rings (SSSR count). The van der Waals surface area contributed by atoms with Gasteiger partial charge in [-0.25, -0.2) is 4.79 Å². The van der Waals surface area contributed by atoms with Crippen LogP contribution in [0.4, 0.5) is 10.5 Å². The summed E-state index contributed by atoms with van der Waals surface area (Å²) in [5.41, 5.74) is 1.23. The summed E-state index contributed by atoms with van der Waals surface area (Å²) in [5, 5.41) is 6.73. The van der Waals surface area contributed by atoms with Crippen LogP contribution in [-0.2, 0) is 11.2 Å². The largest absolute Gasteiger partial charge is 0.444 e. The average molecular weight is 340 g/mol. The minimum atomic E-state index is -0.517. The fourth-order valence-electron chi connectivity index (χ4n) is 2.46. The Balaban J connectivity index is 1.88. The molecule has 0 spiro atoms. The SMILES string of the molecule is CC(C)(C)OC(=O)Nc1ccc(CCN2CCNCC2)c(Cl)c1. The van der Waals surface area contributed by atoms with Gasteiger partial charge in [0.2, 0.25) is 0 Å². The van der Waals surface area contributed by atoms with Gasteiger partial charge in [0, 0.05) is 43.4 Å². The Labute approximate surface area is 143 Å². The second-order valence-corrected chi connectivity index (χ2v) is 7.18. The molecule has 0 radical (unpaired) electrons. The molecule has 1 amide bonds. The van der Waals surface area contributed by atoms with Gasteiger partial charge in [0.05, 0.1) is 0 Å². The van der Waals surface area contributed by atoms with E-state index in [1.54, 1.807) is 6.07 Å². The summed E-state index contributed by atoms with van der Waals surface area (Å²) in [6.07, 6.45) is 0.438. The zero-order valence-electron chi connectivity index (χ0n) is 14.1. The molecular formula is C17H26ClN3O2. The molecule has 0 bridgehead atoms. The van der Waals surface area contributed by atoms with E-state index in [1.807, 2.05) is 32.9 Å². The maximum Gasteiger partial charge on any atom is 0.412 e. The number of rotatable bonds is 4. The fraction of sp³-hybridized carbons (Fsp3) is 0.588. The lowest BCUT2D eigenvalue weighted by Gasteiger charge is -2.27. The molecular weight excluding hydrogens is 314 g/mol. The van der Waals surface area contributed by atoms with Crippen molar-refractivity contribution in [3.05, 3.63) is 28.8 Å². The Morgan fingerprint density at radius 2 is 2.04 bits per heavy atom. The smallest absolute Gasteiger partial charge is 0.412 e. The van der Waals surface area contributed by atoms with E-state index in [1.165, 1.54) is 0 Å². The highest BCUT2D eigenvalue weighted by Crippen LogP contribution is 2.22. The van der Waals surface area contributed by atoms with E-state index in [0.29, 0.717) is 10.7 Å². The third kappa shape index (κ3) is 6.37. The van der Waals surface area contributed by atoms with Crippen LogP contribution in [0.1, 0.15) is 26.3 Å². The molecule has 0 aromatic heterocycles. The number of amides is 1. The summed E-state index contributed by atoms with van der Waals surface area (Å²) in [6, 6.07) is 5.61. The summed E-state index contributed by atoms with van der Waals surface area (Å²) >= 11 is 6.34. The Morgan fingerprint density at radius 3 is 2.65 bits per heavy atom. The molecule has 0 aliphatic carbocycles. The monoisotopic (exact) mass is 339 g/mol. The third-order valence-corrected chi connectivity index (χ3v) is 3.96. The zero-order chi connectivity index (χ0) is 16.9. The molecule has 0 atom stereocenters. The van der Waals surface area contributed by atoms with Gasteiger partial charge < -0.3 is 15.0 Å². The lowest BCUT2D eigenvalue weighted by atomic mass is 10.1. The van der Waals surface area contributed by atoms with Crippen molar-refractivity contribution in [3.8, 4) is 0 Å². The van der Waals surface area contributed by atoms with Gasteiger partial charge >= 0.3 is 6.09 Å². The number of benzene rings is 1. The number of carbonyl (C=O) groups excluding carboxylic acids is 1. The second kappa shape index (κ2) is 7.99. The van der Waals surface area contributed by atoms with E-state index in [4.69, 9.17) is 16.3 Å². The lowest BCUT2D eigenvalue weighted by molar-refractivity contribution is 0.0636. The van der Waals surface area contributed by atoms with Crippen molar-refractivity contribution in [2.45, 2.75) is 32.8 Å². The molecule has 1 aliphatic rings. The minimum absolute atomic E-state index is 0.470. The van der Waals surface area contributed by atoms with Crippen LogP contribution in [0.5, 0.6) is 0 Å². The molecule has 1 heterocycles. The molecule has 2 N–H and O–H groups in total. The number of hydrogen-bond donors (Lipinski definition) is 2. The highest BCUT2D eigenvalue weighted by molar-refractivity contribution is 6.31. The van der Waals surface area contributed by atoms with Gasteiger partial charge in [-0.1, -0.05) is 17.7 Å². The predicted molar refractivity (Wildman–Crippen MR) is 94.3 cm³/mol. The molecule has 1 aromatic rings. The number of piperazine rings is 1. The van der Waals surface area contributed by atoms with Gasteiger partial charge in [0.15, 0.2) is 0 Å². The summed E-state index contributed by atoms with van der Waals surface area (Å²) in [6.45, 7) is 10.8. The standard InChI is InChI=1S/C17H26ClN3O2/c1-17(2,3)23-16(22)20-14-5-4-13(15(18)12-14)6-9-21-10-7-19-8-11-21/h4-5,12,19H,6-11H2,1-3H3,(H,20,22). The maximum absolute atomic E-state index is 11.8. The van der Waals surface area contributed by atoms with Crippen molar-refractivity contribution < 1.29 is 9.53 Å². The van der Waals surface area contributed by atoms with Crippen LogP contribution >= 0.6 is 11.6 Å². The van der Waals surface area contributed by atoms with E-state index < -0.39 is 11.7 Å². The number of ether oxygens (including phenoxy) is 1. The van der Waals surface area contributed by atoms with Gasteiger partial charge in [-0.05, 0) is 44.9 Å². The molecule has 0 unspecified atom stereocenters. The van der Waals surface area contributed by atoms with Crippen LogP contribution in [0.25, 0.3) is 0 Å². The minimum Gasteiger partial charge on any atom is -0.444 e. The van der Waals surface area contributed by atoms with E-state index >= 15 is 0 Å². The summed E-state index contributed by atoms with van der Waals surface area (Å²) in [4.78, 5) is 14.2. The Kier molecular flexibility index (Phi) is 6.27. The normalized spacial score (nSPS) is 16.2. The average Bonchev–Trinajstić information content (AvgIpc) is 2.45. The first-order chi connectivity index (χ1) is 10.8. The number of nitrogens with one attached hydrogen (secondary N) is 2. The van der Waals surface area contributed by atoms with Crippen LogP contribution in [-0.4, -0.2) is 49.3 Å². The highest BCUT2D eigenvalue weighted by atomic mass is 35.5. The van der Waals surface area contributed by atoms with Crippen molar-refractivity contribution >= 4 is 23.4 Å². The number of nitrogens with zero attached hydrogens (tertiary/aromatic N) is 1. The number of anilines is 1. The molecule has 0 saturated carbocycles. The third-order valence-electron chi connectivity index (χ3n) is 3.61. The first-order valence-electron chi connectivity index (χ1n) is 8.05. The van der Waals surface area contributed by atoms with Crippen LogP contribution in [0.15, 0.2) is 18.2 Å². The molecule has 1 aromatic carbocycles. The summed E-state index contributed by atoms with van der Waals surface area (Å²) in [5.74, 6) is 0. The van der Waals surface area contributed by atoms with Gasteiger partial charge in [0.1, 0.15) is 5.60 Å². The lowest BCUT2D eigenvalue weighted by Crippen LogP contribution is -2.44. The fourth-order valence-corrected chi connectivity index (χ4v) is 2.74. The molecule has 1 fully saturated rings. The van der Waals surface area contributed by atoms with E-state index in [9.17, 15) is 4.79 Å². The predicted octanol–water partition coefficient (Wildman–Crippen LogP) is 3.13. The van der Waals surface area contributed by atoms with Crippen LogP contribution in [0.2, 0.25) is 5.02 Å². The van der Waals surface area contributed by atoms with Crippen molar-refractivity contribution in [3.63, 3.8) is 0 Å². The van der Waals surface area contributed by atoms with E-state index in [0.717, 1.165) is 44.7 Å². The summed E-state index contributed by atoms with van der Waals surface area (Å²) < 4.78 is 5.23. The van der Waals surface area contributed by atoms with E-state index in [2.05, 4.69) is 15.5 Å². The van der Waals surface area contributed by atoms with Crippen LogP contribution in [0.3, 0.4) is 0 Å². The molecule has 1 aliphatic heterocycles. The van der Waals surface area contributed by atoms with Gasteiger partial charge in [-0.15, -0.1) is 0 Å². The first-order valence-corrected chi connectivity index (χ1v) is 8.43. The molecule has 5 nitrogen and oxygen atoms in total. The van der Waals surface area contributed by atoms with Crippen molar-refractivity contribution in [1.29, 1.82) is 0 Å². The number of carbonyl (C=O) groups is 1. The molecule has 6 heteroatoms. The van der Waals surface area contributed by atoms with Gasteiger partial charge in [-0.2, -0.15) is 0 Å². The quantitative estimate of drug-likeness (QED) is 0.885. The van der Waals surface area contributed by atoms with Gasteiger partial charge in [-0.3, -0.25) is 5.32 Å². The molecule has 23 heavy (non-hydrogen) atoms. The highest BCUT2D eigenvalue weighted by Gasteiger charge is 2.16. The molecule has 1 saturated heterocycles. The maximum atomic E-state index is 11.8. The van der Waals surface area contributed by atoms with Crippen LogP contribution in [0, 0.1) is 0 Å². The van der Waals surface area contributed by atoms with Gasteiger partial charge in [0.25, 0.3) is 0 Å². The Hall–Kier alpha value is -1.30.